The van der Waals surface area contributed by atoms with E-state index < -0.39 is 34.9 Å². The highest BCUT2D eigenvalue weighted by Crippen LogP contribution is 2.41. The first-order valence-electron chi connectivity index (χ1n) is 22.7. The fraction of sp³-hybridized carbons (Fsp3) is 0.688. The molecule has 0 aromatic heterocycles. The zero-order valence-corrected chi connectivity index (χ0v) is 41.4. The van der Waals surface area contributed by atoms with Gasteiger partial charge in [0.05, 0.1) is 6.10 Å². The average molecular weight is 868 g/mol. The highest BCUT2D eigenvalue weighted by molar-refractivity contribution is 6.74. The SMILES string of the molecule is CCCCCCCCC[C@@H](C[C@@H]1CC[C@@H]([C@@H](CO[Si](C)(C)C(C)(C)C)[C@@H](C)O)N1/C(=N/C(=O)OCc1ccccc1)NC(=O)OCc1ccccc1)O[Si](C)(C)C(C)(C)C. The second-order valence-corrected chi connectivity index (χ2v) is 29.6. The molecule has 1 aliphatic heterocycles. The number of nitrogens with one attached hydrogen (secondary N) is 1. The topological polar surface area (TPSA) is 119 Å². The van der Waals surface area contributed by atoms with Crippen LogP contribution in [0.2, 0.25) is 36.3 Å². The fourth-order valence-corrected chi connectivity index (χ4v) is 9.72. The van der Waals surface area contributed by atoms with E-state index in [2.05, 4.69) is 89.9 Å². The first kappa shape index (κ1) is 51.3. The van der Waals surface area contributed by atoms with Gasteiger partial charge in [0, 0.05) is 30.7 Å². The number of likely N-dealkylation sites (tertiary alicyclic amines) is 1. The van der Waals surface area contributed by atoms with Crippen LogP contribution in [0.4, 0.5) is 9.59 Å². The van der Waals surface area contributed by atoms with Crippen molar-refractivity contribution in [3.63, 3.8) is 0 Å². The van der Waals surface area contributed by atoms with Crippen LogP contribution in [0.5, 0.6) is 0 Å². The molecule has 2 N–H and O–H groups in total. The maximum Gasteiger partial charge on any atom is 0.437 e. The quantitative estimate of drug-likeness (QED) is 0.0551. The van der Waals surface area contributed by atoms with E-state index in [1.165, 1.54) is 32.1 Å². The molecule has 60 heavy (non-hydrogen) atoms. The number of rotatable bonds is 21. The summed E-state index contributed by atoms with van der Waals surface area (Å²) in [5, 5.41) is 14.4. The number of aliphatic hydroxyl groups is 1. The Hall–Kier alpha value is -3.04. The number of unbranched alkanes of at least 4 members (excludes halogenated alkanes) is 6. The van der Waals surface area contributed by atoms with Gasteiger partial charge < -0.3 is 28.3 Å². The van der Waals surface area contributed by atoms with Gasteiger partial charge in [-0.1, -0.05) is 154 Å². The molecule has 0 saturated carbocycles. The Balaban J connectivity index is 2.07. The standard InChI is InChI=1S/C48H81N3O7Si2/c1-13-14-15-16-17-18-25-30-41(58-60(11,12)48(6,7)8)33-40-31-32-43(42(37(2)52)36-57-59(9,10)47(3,4)5)51(40)44(49-45(53)55-34-38-26-21-19-22-27-38)50-46(54)56-35-39-28-23-20-24-29-39/h19-24,26-29,37,40-43,52H,13-18,25,30-36H2,1-12H3,(H,49,50,53,54)/t37-,40+,41+,42+,43+/m1/s1. The number of alkyl carbamates (subject to hydrolysis) is 1. The molecule has 12 heteroatoms. The Morgan fingerprint density at radius 3 is 1.87 bits per heavy atom. The summed E-state index contributed by atoms with van der Waals surface area (Å²) in [5.74, 6) is -0.293. The lowest BCUT2D eigenvalue weighted by Crippen LogP contribution is -2.56. The lowest BCUT2D eigenvalue weighted by atomic mass is 9.93. The van der Waals surface area contributed by atoms with Gasteiger partial charge in [0.15, 0.2) is 16.6 Å². The normalized spacial score (nSPS) is 18.2. The van der Waals surface area contributed by atoms with Crippen molar-refractivity contribution in [2.24, 2.45) is 10.9 Å². The Labute approximate surface area is 365 Å². The summed E-state index contributed by atoms with van der Waals surface area (Å²) in [6.07, 6.45) is 9.16. The molecule has 0 bridgehead atoms. The summed E-state index contributed by atoms with van der Waals surface area (Å²) >= 11 is 0. The predicted molar refractivity (Wildman–Crippen MR) is 250 cm³/mol. The molecule has 10 nitrogen and oxygen atoms in total. The van der Waals surface area contributed by atoms with Crippen LogP contribution in [0.15, 0.2) is 65.7 Å². The van der Waals surface area contributed by atoms with E-state index in [1.807, 2.05) is 67.6 Å². The monoisotopic (exact) mass is 868 g/mol. The Kier molecular flexibility index (Phi) is 20.5. The van der Waals surface area contributed by atoms with Crippen molar-refractivity contribution in [3.05, 3.63) is 71.8 Å². The first-order valence-corrected chi connectivity index (χ1v) is 28.5. The summed E-state index contributed by atoms with van der Waals surface area (Å²) in [5.41, 5.74) is 1.65. The Bertz CT molecular complexity index is 1590. The number of carbonyl (C=O) groups is 2. The van der Waals surface area contributed by atoms with Crippen molar-refractivity contribution in [2.45, 2.75) is 200 Å². The van der Waals surface area contributed by atoms with E-state index in [0.717, 1.165) is 36.8 Å². The van der Waals surface area contributed by atoms with Crippen LogP contribution in [-0.4, -0.2) is 75.7 Å². The van der Waals surface area contributed by atoms with Gasteiger partial charge in [0.1, 0.15) is 13.2 Å². The average Bonchev–Trinajstić information content (AvgIpc) is 3.57. The van der Waals surface area contributed by atoms with Gasteiger partial charge >= 0.3 is 12.2 Å². The first-order chi connectivity index (χ1) is 28.1. The summed E-state index contributed by atoms with van der Waals surface area (Å²) in [6, 6.07) is 18.4. The molecule has 1 heterocycles. The minimum absolute atomic E-state index is 0.0149. The molecule has 2 amide bonds. The largest absolute Gasteiger partial charge is 0.444 e. The van der Waals surface area contributed by atoms with Gasteiger partial charge in [-0.15, -0.1) is 4.99 Å². The maximum absolute atomic E-state index is 13.7. The fourth-order valence-electron chi connectivity index (χ4n) is 7.28. The Morgan fingerprint density at radius 2 is 1.33 bits per heavy atom. The molecular weight excluding hydrogens is 787 g/mol. The van der Waals surface area contributed by atoms with E-state index in [4.69, 9.17) is 18.3 Å². The second kappa shape index (κ2) is 24.0. The summed E-state index contributed by atoms with van der Waals surface area (Å²) in [7, 11) is -4.40. The van der Waals surface area contributed by atoms with Gasteiger partial charge in [0.25, 0.3) is 0 Å². The third kappa shape index (κ3) is 16.7. The van der Waals surface area contributed by atoms with Crippen LogP contribution in [0.25, 0.3) is 0 Å². The lowest BCUT2D eigenvalue weighted by Gasteiger charge is -2.43. The van der Waals surface area contributed by atoms with Crippen LogP contribution in [0.3, 0.4) is 0 Å². The molecule has 2 aromatic carbocycles. The van der Waals surface area contributed by atoms with Gasteiger partial charge in [-0.2, -0.15) is 0 Å². The van der Waals surface area contributed by atoms with Gasteiger partial charge in [0.2, 0.25) is 5.96 Å². The molecule has 0 spiro atoms. The van der Waals surface area contributed by atoms with Crippen LogP contribution in [0.1, 0.15) is 137 Å². The minimum atomic E-state index is -2.21. The molecule has 1 saturated heterocycles. The zero-order valence-electron chi connectivity index (χ0n) is 39.4. The molecule has 1 fully saturated rings. The number of nitrogens with zero attached hydrogens (tertiary/aromatic N) is 2. The maximum atomic E-state index is 13.7. The number of aliphatic imine (C=N–C) groups is 1. The second-order valence-electron chi connectivity index (χ2n) is 20.0. The molecular formula is C48H81N3O7Si2. The van der Waals surface area contributed by atoms with Crippen molar-refractivity contribution in [1.29, 1.82) is 0 Å². The highest BCUT2D eigenvalue weighted by Gasteiger charge is 2.46. The van der Waals surface area contributed by atoms with Crippen LogP contribution in [0, 0.1) is 5.92 Å². The van der Waals surface area contributed by atoms with Crippen LogP contribution in [-0.2, 0) is 31.5 Å². The van der Waals surface area contributed by atoms with Gasteiger partial charge in [-0.3, -0.25) is 5.32 Å². The number of benzene rings is 2. The number of ether oxygens (including phenoxy) is 2. The molecule has 0 aliphatic carbocycles. The minimum Gasteiger partial charge on any atom is -0.444 e. The number of hydrogen-bond acceptors (Lipinski definition) is 7. The van der Waals surface area contributed by atoms with Crippen molar-refractivity contribution >= 4 is 34.8 Å². The van der Waals surface area contributed by atoms with Crippen LogP contribution < -0.4 is 5.32 Å². The Morgan fingerprint density at radius 1 is 0.800 bits per heavy atom. The van der Waals surface area contributed by atoms with Crippen molar-refractivity contribution in [1.82, 2.24) is 10.2 Å². The molecule has 1 aliphatic rings. The highest BCUT2D eigenvalue weighted by atomic mass is 28.4. The van der Waals surface area contributed by atoms with Crippen LogP contribution >= 0.6 is 0 Å². The number of guanidine groups is 1. The molecule has 2 aromatic rings. The van der Waals surface area contributed by atoms with Gasteiger partial charge in [-0.25, -0.2) is 9.59 Å². The third-order valence-electron chi connectivity index (χ3n) is 13.1. The van der Waals surface area contributed by atoms with E-state index in [9.17, 15) is 14.7 Å². The molecule has 0 radical (unpaired) electrons. The van der Waals surface area contributed by atoms with E-state index in [1.54, 1.807) is 0 Å². The van der Waals surface area contributed by atoms with Crippen molar-refractivity contribution in [2.75, 3.05) is 6.61 Å². The van der Waals surface area contributed by atoms with E-state index >= 15 is 0 Å². The predicted octanol–water partition coefficient (Wildman–Crippen LogP) is 12.4. The van der Waals surface area contributed by atoms with E-state index in [0.29, 0.717) is 19.4 Å². The van der Waals surface area contributed by atoms with E-state index in [-0.39, 0.29) is 53.4 Å². The number of amides is 2. The molecule has 5 atom stereocenters. The number of carbonyl (C=O) groups excluding carboxylic acids is 2. The summed E-state index contributed by atoms with van der Waals surface area (Å²) in [6.45, 7) is 26.9. The van der Waals surface area contributed by atoms with Crippen molar-refractivity contribution in [3.8, 4) is 0 Å². The van der Waals surface area contributed by atoms with Gasteiger partial charge in [-0.05, 0) is 80.0 Å². The van der Waals surface area contributed by atoms with Crippen molar-refractivity contribution < 1.29 is 33.0 Å². The molecule has 338 valence electrons. The number of hydrogen-bond donors (Lipinski definition) is 2. The third-order valence-corrected chi connectivity index (χ3v) is 22.1. The molecule has 3 rings (SSSR count). The zero-order chi connectivity index (χ0) is 44.6. The summed E-state index contributed by atoms with van der Waals surface area (Å²) in [4.78, 5) is 34.0. The number of aliphatic hydroxyl groups excluding tert-OH is 1. The molecule has 0 unspecified atom stereocenters. The lowest BCUT2D eigenvalue weighted by molar-refractivity contribution is 0.0375. The smallest absolute Gasteiger partial charge is 0.437 e. The summed E-state index contributed by atoms with van der Waals surface area (Å²) < 4.78 is 25.5.